The van der Waals surface area contributed by atoms with Crippen molar-refractivity contribution in [2.24, 2.45) is 0 Å². The van der Waals surface area contributed by atoms with Crippen molar-refractivity contribution in [1.82, 2.24) is 29.9 Å². The molecule has 5 heterocycles. The van der Waals surface area contributed by atoms with Gasteiger partial charge in [-0.2, -0.15) is 0 Å². The molecule has 0 radical (unpaired) electrons. The second-order valence-corrected chi connectivity index (χ2v) is 14.5. The predicted molar refractivity (Wildman–Crippen MR) is 242 cm³/mol. The first-order valence-electron chi connectivity index (χ1n) is 19.8. The first-order valence-corrected chi connectivity index (χ1v) is 19.8. The van der Waals surface area contributed by atoms with E-state index in [9.17, 15) is 0 Å². The molecule has 6 heteroatoms. The van der Waals surface area contributed by atoms with E-state index in [0.717, 1.165) is 94.8 Å². The van der Waals surface area contributed by atoms with Crippen LogP contribution in [-0.4, -0.2) is 29.9 Å². The Labute approximate surface area is 348 Å². The van der Waals surface area contributed by atoms with Gasteiger partial charge >= 0.3 is 0 Å². The van der Waals surface area contributed by atoms with Crippen LogP contribution in [0.1, 0.15) is 0 Å². The van der Waals surface area contributed by atoms with Gasteiger partial charge in [-0.05, 0) is 111 Å². The molecular weight excluding hydrogens is 733 g/mol. The molecule has 60 heavy (non-hydrogen) atoms. The summed E-state index contributed by atoms with van der Waals surface area (Å²) >= 11 is 0. The van der Waals surface area contributed by atoms with Gasteiger partial charge < -0.3 is 0 Å². The minimum Gasteiger partial charge on any atom is -0.264 e. The quantitative estimate of drug-likeness (QED) is 0.145. The second-order valence-electron chi connectivity index (χ2n) is 14.5. The van der Waals surface area contributed by atoms with E-state index < -0.39 is 0 Å². The topological polar surface area (TPSA) is 77.3 Å². The smallest absolute Gasteiger partial charge is 0.160 e. The van der Waals surface area contributed by atoms with Crippen LogP contribution in [0.5, 0.6) is 0 Å². The van der Waals surface area contributed by atoms with Gasteiger partial charge in [0.05, 0.1) is 11.4 Å². The minimum atomic E-state index is 0.646. The Kier molecular flexibility index (Phi) is 9.84. The summed E-state index contributed by atoms with van der Waals surface area (Å²) in [5, 5.41) is 0. The molecule has 0 aliphatic carbocycles. The Morgan fingerprint density at radius 3 is 0.900 bits per heavy atom. The summed E-state index contributed by atoms with van der Waals surface area (Å²) in [5.41, 5.74) is 17.2. The monoisotopic (exact) mass is 768 g/mol. The Bertz CT molecular complexity index is 2760. The zero-order valence-electron chi connectivity index (χ0n) is 32.5. The van der Waals surface area contributed by atoms with Crippen molar-refractivity contribution in [3.8, 4) is 101 Å². The van der Waals surface area contributed by atoms with Gasteiger partial charge in [-0.15, -0.1) is 0 Å². The van der Waals surface area contributed by atoms with Gasteiger partial charge in [0, 0.05) is 88.5 Å². The molecular formula is C54H36N6. The summed E-state index contributed by atoms with van der Waals surface area (Å²) in [7, 11) is 0. The highest BCUT2D eigenvalue weighted by atomic mass is 14.9. The highest BCUT2D eigenvalue weighted by molar-refractivity contribution is 5.91. The number of hydrogen-bond donors (Lipinski definition) is 0. The van der Waals surface area contributed by atoms with Gasteiger partial charge in [-0.3, -0.25) is 19.9 Å². The Morgan fingerprint density at radius 2 is 0.550 bits per heavy atom. The standard InChI is InChI=1S/C54H36N6/c1-2-12-37(13-3-1)54-59-52(50-20-6-4-18-48(50)46-28-42(38-14-8-22-55-33-38)26-43(29-46)39-15-9-23-56-34-39)32-53(60-54)51-21-7-5-19-49(51)47-30-44(40-16-10-24-57-35-40)27-45(31-47)41-17-11-25-58-36-41/h1-36H. The molecule has 282 valence electrons. The van der Waals surface area contributed by atoms with Crippen LogP contribution in [0.3, 0.4) is 0 Å². The highest BCUT2D eigenvalue weighted by Crippen LogP contribution is 2.41. The van der Waals surface area contributed by atoms with Crippen LogP contribution < -0.4 is 0 Å². The zero-order valence-corrected chi connectivity index (χ0v) is 32.5. The summed E-state index contributed by atoms with van der Waals surface area (Å²) in [6.45, 7) is 0. The maximum Gasteiger partial charge on any atom is 0.160 e. The molecule has 6 nitrogen and oxygen atoms in total. The molecule has 0 atom stereocenters. The lowest BCUT2D eigenvalue weighted by Crippen LogP contribution is -1.98. The van der Waals surface area contributed by atoms with Crippen molar-refractivity contribution >= 4 is 0 Å². The van der Waals surface area contributed by atoms with E-state index in [-0.39, 0.29) is 0 Å². The molecule has 10 aromatic rings. The average molecular weight is 769 g/mol. The van der Waals surface area contributed by atoms with Crippen LogP contribution in [0.25, 0.3) is 101 Å². The Balaban J connectivity index is 1.17. The van der Waals surface area contributed by atoms with Gasteiger partial charge in [0.2, 0.25) is 0 Å². The van der Waals surface area contributed by atoms with Gasteiger partial charge in [0.15, 0.2) is 5.82 Å². The summed E-state index contributed by atoms with van der Waals surface area (Å²) in [5.74, 6) is 0.646. The largest absolute Gasteiger partial charge is 0.264 e. The second kappa shape index (κ2) is 16.3. The van der Waals surface area contributed by atoms with Gasteiger partial charge in [0.25, 0.3) is 0 Å². The molecule has 0 spiro atoms. The maximum atomic E-state index is 5.31. The third-order valence-electron chi connectivity index (χ3n) is 10.6. The summed E-state index contributed by atoms with van der Waals surface area (Å²) in [4.78, 5) is 28.4. The van der Waals surface area contributed by atoms with Crippen molar-refractivity contribution in [1.29, 1.82) is 0 Å². The molecule has 5 aromatic carbocycles. The van der Waals surface area contributed by atoms with E-state index >= 15 is 0 Å². The summed E-state index contributed by atoms with van der Waals surface area (Å²) in [6, 6.07) is 58.9. The van der Waals surface area contributed by atoms with Crippen molar-refractivity contribution < 1.29 is 0 Å². The number of rotatable bonds is 9. The van der Waals surface area contributed by atoms with E-state index in [1.807, 2.05) is 67.3 Å². The molecule has 0 saturated heterocycles. The SMILES string of the molecule is c1ccc(-c2nc(-c3ccccc3-c3cc(-c4cccnc4)cc(-c4cccnc4)c3)cc(-c3ccccc3-c3cc(-c4cccnc4)cc(-c4cccnc4)c3)n2)cc1. The van der Waals surface area contributed by atoms with Crippen molar-refractivity contribution in [3.05, 3.63) is 219 Å². The highest BCUT2D eigenvalue weighted by Gasteiger charge is 2.18. The molecule has 0 saturated carbocycles. The summed E-state index contributed by atoms with van der Waals surface area (Å²) in [6.07, 6.45) is 14.8. The van der Waals surface area contributed by atoms with Gasteiger partial charge in [0.1, 0.15) is 0 Å². The fraction of sp³-hybridized carbons (Fsp3) is 0. The van der Waals surface area contributed by atoms with Crippen molar-refractivity contribution in [3.63, 3.8) is 0 Å². The fourth-order valence-electron chi connectivity index (χ4n) is 7.72. The van der Waals surface area contributed by atoms with Crippen molar-refractivity contribution in [2.75, 3.05) is 0 Å². The maximum absolute atomic E-state index is 5.31. The Hall–Kier alpha value is -8.22. The number of pyridine rings is 4. The number of nitrogens with zero attached hydrogens (tertiary/aromatic N) is 6. The molecule has 0 bridgehead atoms. The molecule has 0 fully saturated rings. The average Bonchev–Trinajstić information content (AvgIpc) is 3.35. The van der Waals surface area contributed by atoms with E-state index in [4.69, 9.17) is 9.97 Å². The Morgan fingerprint density at radius 1 is 0.233 bits per heavy atom. The lowest BCUT2D eigenvalue weighted by Gasteiger charge is -2.17. The van der Waals surface area contributed by atoms with Gasteiger partial charge in [-0.25, -0.2) is 9.97 Å². The van der Waals surface area contributed by atoms with Crippen LogP contribution >= 0.6 is 0 Å². The zero-order chi connectivity index (χ0) is 40.1. The molecule has 0 amide bonds. The van der Waals surface area contributed by atoms with E-state index in [1.54, 1.807) is 24.8 Å². The summed E-state index contributed by atoms with van der Waals surface area (Å²) < 4.78 is 0. The third kappa shape index (κ3) is 7.49. The first kappa shape index (κ1) is 36.1. The fourth-order valence-corrected chi connectivity index (χ4v) is 7.72. The number of hydrogen-bond acceptors (Lipinski definition) is 6. The molecule has 0 aliphatic heterocycles. The van der Waals surface area contributed by atoms with Crippen molar-refractivity contribution in [2.45, 2.75) is 0 Å². The molecule has 0 N–H and O–H groups in total. The minimum absolute atomic E-state index is 0.646. The normalized spacial score (nSPS) is 11.0. The first-order chi connectivity index (χ1) is 29.7. The van der Waals surface area contributed by atoms with Crippen LogP contribution in [0.15, 0.2) is 219 Å². The lowest BCUT2D eigenvalue weighted by molar-refractivity contribution is 1.18. The molecule has 0 aliphatic rings. The molecule has 10 rings (SSSR count). The van der Waals surface area contributed by atoms with Crippen LogP contribution in [-0.2, 0) is 0 Å². The number of benzene rings is 5. The van der Waals surface area contributed by atoms with Gasteiger partial charge in [-0.1, -0.05) is 103 Å². The van der Waals surface area contributed by atoms with E-state index in [1.165, 1.54) is 0 Å². The molecule has 0 unspecified atom stereocenters. The molecule has 5 aromatic heterocycles. The third-order valence-corrected chi connectivity index (χ3v) is 10.6. The predicted octanol–water partition coefficient (Wildman–Crippen LogP) is 13.1. The van der Waals surface area contributed by atoms with Crippen LogP contribution in [0, 0.1) is 0 Å². The van der Waals surface area contributed by atoms with E-state index in [2.05, 4.69) is 147 Å². The lowest BCUT2D eigenvalue weighted by atomic mass is 9.90. The number of aromatic nitrogens is 6. The van der Waals surface area contributed by atoms with Crippen LogP contribution in [0.2, 0.25) is 0 Å². The van der Waals surface area contributed by atoms with E-state index in [0.29, 0.717) is 5.82 Å². The van der Waals surface area contributed by atoms with Crippen LogP contribution in [0.4, 0.5) is 0 Å².